The molecule has 8 nitrogen and oxygen atoms in total. The number of aliphatic imine (C=N–C) groups is 1. The highest BCUT2D eigenvalue weighted by molar-refractivity contribution is 6.01. The lowest BCUT2D eigenvalue weighted by molar-refractivity contribution is -0.133. The molecule has 2 saturated heterocycles. The van der Waals surface area contributed by atoms with E-state index in [-0.39, 0.29) is 48.5 Å². The number of fused-ring (bicyclic) bond motifs is 1. The number of carbonyl (C=O) groups is 3. The van der Waals surface area contributed by atoms with Crippen molar-refractivity contribution in [3.8, 4) is 0 Å². The summed E-state index contributed by atoms with van der Waals surface area (Å²) in [5.41, 5.74) is 0.143. The van der Waals surface area contributed by atoms with Crippen LogP contribution in [0.1, 0.15) is 71.6 Å². The quantitative estimate of drug-likeness (QED) is 0.441. The molecule has 3 amide bonds. The van der Waals surface area contributed by atoms with Crippen molar-refractivity contribution in [2.24, 2.45) is 10.9 Å². The molecule has 0 bridgehead atoms. The Kier molecular flexibility index (Phi) is 9.74. The van der Waals surface area contributed by atoms with E-state index in [9.17, 15) is 27.6 Å². The first kappa shape index (κ1) is 30.3. The summed E-state index contributed by atoms with van der Waals surface area (Å²) in [5.74, 6) is -1.17. The number of rotatable bonds is 8. The number of hydrogen-bond acceptors (Lipinski definition) is 5. The van der Waals surface area contributed by atoms with Crippen LogP contribution in [0.5, 0.6) is 0 Å². The van der Waals surface area contributed by atoms with Crippen LogP contribution >= 0.6 is 0 Å². The van der Waals surface area contributed by atoms with Crippen molar-refractivity contribution in [1.29, 1.82) is 0 Å². The lowest BCUT2D eigenvalue weighted by Crippen LogP contribution is -2.48. The third kappa shape index (κ3) is 7.14. The second-order valence-corrected chi connectivity index (χ2v) is 11.6. The minimum Gasteiger partial charge on any atom is -0.353 e. The van der Waals surface area contributed by atoms with Crippen LogP contribution in [0.2, 0.25) is 0 Å². The zero-order chi connectivity index (χ0) is 29.0. The Bertz CT molecular complexity index is 1060. The van der Waals surface area contributed by atoms with E-state index in [4.69, 9.17) is 0 Å². The Labute approximate surface area is 234 Å². The Morgan fingerprint density at radius 2 is 1.75 bits per heavy atom. The zero-order valence-electron chi connectivity index (χ0n) is 23.7. The van der Waals surface area contributed by atoms with Crippen molar-refractivity contribution < 1.29 is 27.6 Å². The summed E-state index contributed by atoms with van der Waals surface area (Å²) in [7, 11) is 1.72. The molecule has 40 heavy (non-hydrogen) atoms. The molecule has 2 N–H and O–H groups in total. The van der Waals surface area contributed by atoms with Gasteiger partial charge in [0.15, 0.2) is 0 Å². The minimum atomic E-state index is -4.51. The minimum absolute atomic E-state index is 0.0377. The summed E-state index contributed by atoms with van der Waals surface area (Å²) in [6.07, 6.45) is 4.48. The summed E-state index contributed by atoms with van der Waals surface area (Å²) >= 11 is 0. The first-order valence-corrected chi connectivity index (χ1v) is 14.6. The van der Waals surface area contributed by atoms with E-state index in [0.717, 1.165) is 69.4 Å². The van der Waals surface area contributed by atoms with Gasteiger partial charge in [0.1, 0.15) is 0 Å². The Balaban J connectivity index is 1.24. The van der Waals surface area contributed by atoms with Crippen molar-refractivity contribution in [2.75, 3.05) is 26.7 Å². The fourth-order valence-corrected chi connectivity index (χ4v) is 6.87. The maximum absolute atomic E-state index is 13.2. The van der Waals surface area contributed by atoms with Crippen LogP contribution in [-0.2, 0) is 14.4 Å². The molecule has 3 atom stereocenters. The molecule has 0 radical (unpaired) electrons. The number of alkyl halides is 3. The van der Waals surface area contributed by atoms with Gasteiger partial charge < -0.3 is 15.5 Å². The predicted octanol–water partition coefficient (Wildman–Crippen LogP) is 3.53. The first-order chi connectivity index (χ1) is 19.0. The van der Waals surface area contributed by atoms with Gasteiger partial charge in [-0.25, -0.2) is 0 Å². The molecule has 0 aromatic rings. The zero-order valence-corrected chi connectivity index (χ0v) is 23.7. The molecule has 222 valence electrons. The van der Waals surface area contributed by atoms with E-state index >= 15 is 0 Å². The van der Waals surface area contributed by atoms with Gasteiger partial charge in [0.05, 0.1) is 18.5 Å². The lowest BCUT2D eigenvalue weighted by atomic mass is 9.89. The summed E-state index contributed by atoms with van der Waals surface area (Å²) in [6, 6.07) is 0.992. The molecule has 11 heteroatoms. The summed E-state index contributed by atoms with van der Waals surface area (Å²) in [4.78, 5) is 46.6. The predicted molar refractivity (Wildman–Crippen MR) is 147 cm³/mol. The number of amides is 3. The SMILES string of the molecule is CC/C(CC(=O)N[C@H]1CC[C@H](N2CCC3C2CCN3C(=O)CNC(=O)C2=CC(C(F)(F)F)=C[C@@H](C)C2)CC1)=N\C. The summed E-state index contributed by atoms with van der Waals surface area (Å²) in [5, 5.41) is 5.73. The highest BCUT2D eigenvalue weighted by atomic mass is 19.4. The van der Waals surface area contributed by atoms with E-state index in [1.807, 2.05) is 11.8 Å². The van der Waals surface area contributed by atoms with Gasteiger partial charge in [0.25, 0.3) is 0 Å². The highest BCUT2D eigenvalue weighted by Crippen LogP contribution is 2.37. The average Bonchev–Trinajstić information content (AvgIpc) is 3.52. The molecule has 2 aliphatic carbocycles. The van der Waals surface area contributed by atoms with Gasteiger partial charge in [-0.15, -0.1) is 0 Å². The van der Waals surface area contributed by atoms with Crippen molar-refractivity contribution in [2.45, 2.75) is 102 Å². The lowest BCUT2D eigenvalue weighted by Gasteiger charge is -2.38. The molecule has 0 aromatic heterocycles. The van der Waals surface area contributed by atoms with Gasteiger partial charge >= 0.3 is 6.18 Å². The number of carbonyl (C=O) groups excluding carboxylic acids is 3. The number of halogens is 3. The molecular weight excluding hydrogens is 523 g/mol. The standard InChI is InChI=1S/C29H42F3N5O3/c1-4-21(33-3)16-26(38)35-22-5-7-23(8-6-22)36-11-9-25-24(36)10-12-37(25)27(39)17-34-28(40)19-13-18(2)14-20(15-19)29(30,31)32/h14-15,18,22-25H,4-13,16-17H2,1-3H3,(H,34,40)(H,35,38)/b33-21+/t18-,22-,23-,24?,25?/m0/s1. The Morgan fingerprint density at radius 1 is 1.05 bits per heavy atom. The average molecular weight is 566 g/mol. The van der Waals surface area contributed by atoms with E-state index in [2.05, 4.69) is 20.5 Å². The highest BCUT2D eigenvalue weighted by Gasteiger charge is 2.46. The molecule has 0 spiro atoms. The second kappa shape index (κ2) is 12.9. The Morgan fingerprint density at radius 3 is 2.40 bits per heavy atom. The van der Waals surface area contributed by atoms with Gasteiger partial charge in [-0.1, -0.05) is 19.9 Å². The van der Waals surface area contributed by atoms with Crippen LogP contribution in [0.4, 0.5) is 13.2 Å². The van der Waals surface area contributed by atoms with Crippen molar-refractivity contribution in [1.82, 2.24) is 20.4 Å². The van der Waals surface area contributed by atoms with Gasteiger partial charge in [0, 0.05) is 55.6 Å². The van der Waals surface area contributed by atoms with Crippen LogP contribution in [0.3, 0.4) is 0 Å². The van der Waals surface area contributed by atoms with Crippen LogP contribution in [0, 0.1) is 5.92 Å². The van der Waals surface area contributed by atoms with Crippen molar-refractivity contribution >= 4 is 23.4 Å². The third-order valence-corrected chi connectivity index (χ3v) is 8.91. The smallest absolute Gasteiger partial charge is 0.353 e. The maximum atomic E-state index is 13.2. The van der Waals surface area contributed by atoms with Crippen LogP contribution in [0.25, 0.3) is 0 Å². The third-order valence-electron chi connectivity index (χ3n) is 8.91. The largest absolute Gasteiger partial charge is 0.416 e. The van der Waals surface area contributed by atoms with E-state index in [1.165, 1.54) is 0 Å². The molecule has 3 fully saturated rings. The van der Waals surface area contributed by atoms with Crippen molar-refractivity contribution in [3.63, 3.8) is 0 Å². The monoisotopic (exact) mass is 565 g/mol. The number of hydrogen-bond donors (Lipinski definition) is 2. The summed E-state index contributed by atoms with van der Waals surface area (Å²) < 4.78 is 39.5. The molecular formula is C29H42F3N5O3. The fourth-order valence-electron chi connectivity index (χ4n) is 6.87. The molecule has 2 unspecified atom stereocenters. The maximum Gasteiger partial charge on any atom is 0.416 e. The van der Waals surface area contributed by atoms with Crippen molar-refractivity contribution in [3.05, 3.63) is 23.3 Å². The van der Waals surface area contributed by atoms with Crippen LogP contribution in [0.15, 0.2) is 28.3 Å². The van der Waals surface area contributed by atoms with E-state index < -0.39 is 23.6 Å². The number of nitrogens with zero attached hydrogens (tertiary/aromatic N) is 3. The van der Waals surface area contributed by atoms with E-state index in [0.29, 0.717) is 19.0 Å². The molecule has 0 aromatic carbocycles. The number of nitrogens with one attached hydrogen (secondary N) is 2. The molecule has 4 aliphatic rings. The second-order valence-electron chi connectivity index (χ2n) is 11.6. The van der Waals surface area contributed by atoms with Crippen LogP contribution < -0.4 is 10.6 Å². The first-order valence-electron chi connectivity index (χ1n) is 14.6. The van der Waals surface area contributed by atoms with Gasteiger partial charge in [-0.2, -0.15) is 13.2 Å². The molecule has 1 saturated carbocycles. The van der Waals surface area contributed by atoms with E-state index in [1.54, 1.807) is 14.0 Å². The number of allylic oxidation sites excluding steroid dienone is 3. The van der Waals surface area contributed by atoms with Gasteiger partial charge in [-0.05, 0) is 63.4 Å². The van der Waals surface area contributed by atoms with Crippen LogP contribution in [-0.4, -0.2) is 90.3 Å². The fraction of sp³-hybridized carbons (Fsp3) is 0.724. The molecule has 2 heterocycles. The molecule has 4 rings (SSSR count). The van der Waals surface area contributed by atoms with Gasteiger partial charge in [-0.3, -0.25) is 24.3 Å². The van der Waals surface area contributed by atoms with Gasteiger partial charge in [0.2, 0.25) is 17.7 Å². The number of likely N-dealkylation sites (tertiary alicyclic amines) is 2. The normalized spacial score (nSPS) is 29.5. The summed E-state index contributed by atoms with van der Waals surface area (Å²) in [6.45, 7) is 4.96. The Hall–Kier alpha value is -2.69. The molecule has 2 aliphatic heterocycles. The topological polar surface area (TPSA) is 94.1 Å².